The number of rotatable bonds is 5. The molecule has 0 bridgehead atoms. The molecule has 270 valence electrons. The van der Waals surface area contributed by atoms with E-state index in [9.17, 15) is 0 Å². The van der Waals surface area contributed by atoms with E-state index in [4.69, 9.17) is 15.0 Å². The average Bonchev–Trinajstić information content (AvgIpc) is 3.80. The van der Waals surface area contributed by atoms with Crippen LogP contribution in [0.4, 0.5) is 0 Å². The van der Waals surface area contributed by atoms with Crippen LogP contribution in [0.2, 0.25) is 0 Å². The van der Waals surface area contributed by atoms with E-state index in [-0.39, 0.29) is 0 Å². The normalized spacial score (nSPS) is 11.8. The number of hydrogen-bond acceptors (Lipinski definition) is 3. The Labute approximate surface area is 333 Å². The number of para-hydroxylation sites is 2. The third-order valence-corrected chi connectivity index (χ3v) is 11.5. The fourth-order valence-corrected chi connectivity index (χ4v) is 8.90. The maximum absolute atomic E-state index is 5.32. The van der Waals surface area contributed by atoms with Crippen molar-refractivity contribution in [3.63, 3.8) is 0 Å². The first-order valence-electron chi connectivity index (χ1n) is 19.6. The number of aromatic nitrogens is 5. The molecule has 0 aliphatic carbocycles. The van der Waals surface area contributed by atoms with Gasteiger partial charge in [-0.2, -0.15) is 0 Å². The highest BCUT2D eigenvalue weighted by Gasteiger charge is 2.24. The SMILES string of the molecule is c1ccc(-c2nc(-c3ccccc3)nc(-c3c4ccccc4cc4c5ccccc5n(-c5ccc6c(c5)c5ccccc5n6-c5ccc6ccccc6c5)c34)n2)cc1. The topological polar surface area (TPSA) is 48.5 Å². The summed E-state index contributed by atoms with van der Waals surface area (Å²) in [5.74, 6) is 1.90. The van der Waals surface area contributed by atoms with E-state index in [1.807, 2.05) is 36.4 Å². The first-order valence-corrected chi connectivity index (χ1v) is 19.6. The van der Waals surface area contributed by atoms with Gasteiger partial charge in [0.1, 0.15) is 0 Å². The van der Waals surface area contributed by atoms with Crippen LogP contribution >= 0.6 is 0 Å². The standard InChI is InChI=1S/C53H33N5/c1-3-16-35(17-4-1)51-54-52(36-18-5-2-6-19-36)56-53(55-51)49-41-22-10-9-21-38(41)32-45-43-24-12-14-26-47(43)58(50(45)49)40-29-30-48-44(33-40)42-23-11-13-25-46(42)57(48)39-28-27-34-15-7-8-20-37(34)31-39/h1-33H. The molecule has 12 rings (SSSR count). The van der Waals surface area contributed by atoms with Crippen molar-refractivity contribution in [1.29, 1.82) is 0 Å². The van der Waals surface area contributed by atoms with Crippen LogP contribution in [0, 0.1) is 0 Å². The molecule has 0 unspecified atom stereocenters. The number of hydrogen-bond donors (Lipinski definition) is 0. The van der Waals surface area contributed by atoms with Crippen LogP contribution in [0.1, 0.15) is 0 Å². The van der Waals surface area contributed by atoms with E-state index in [1.54, 1.807) is 0 Å². The predicted molar refractivity (Wildman–Crippen MR) is 240 cm³/mol. The molecule has 0 aliphatic heterocycles. The summed E-state index contributed by atoms with van der Waals surface area (Å²) in [7, 11) is 0. The monoisotopic (exact) mass is 739 g/mol. The molecule has 0 saturated carbocycles. The van der Waals surface area contributed by atoms with Gasteiger partial charge in [-0.05, 0) is 70.1 Å². The molecule has 58 heavy (non-hydrogen) atoms. The van der Waals surface area contributed by atoms with Crippen molar-refractivity contribution in [2.45, 2.75) is 0 Å². The highest BCUT2D eigenvalue weighted by molar-refractivity contribution is 6.21. The number of benzene rings is 9. The third-order valence-electron chi connectivity index (χ3n) is 11.5. The lowest BCUT2D eigenvalue weighted by Gasteiger charge is -2.15. The van der Waals surface area contributed by atoms with Crippen molar-refractivity contribution in [3.8, 4) is 45.5 Å². The Balaban J connectivity index is 1.18. The van der Waals surface area contributed by atoms with Gasteiger partial charge in [0.05, 0.1) is 27.6 Å². The van der Waals surface area contributed by atoms with Crippen molar-refractivity contribution in [2.24, 2.45) is 0 Å². The van der Waals surface area contributed by atoms with E-state index >= 15 is 0 Å². The van der Waals surface area contributed by atoms with Crippen LogP contribution in [-0.4, -0.2) is 24.1 Å². The van der Waals surface area contributed by atoms with Crippen molar-refractivity contribution in [2.75, 3.05) is 0 Å². The summed E-state index contributed by atoms with van der Waals surface area (Å²) in [5.41, 5.74) is 9.56. The van der Waals surface area contributed by atoms with Gasteiger partial charge in [-0.15, -0.1) is 0 Å². The maximum Gasteiger partial charge on any atom is 0.166 e. The molecule has 0 radical (unpaired) electrons. The van der Waals surface area contributed by atoms with E-state index in [0.717, 1.165) is 60.8 Å². The number of fused-ring (bicyclic) bond motifs is 8. The number of nitrogens with zero attached hydrogens (tertiary/aromatic N) is 5. The van der Waals surface area contributed by atoms with Gasteiger partial charge < -0.3 is 9.13 Å². The van der Waals surface area contributed by atoms with E-state index in [0.29, 0.717) is 17.5 Å². The zero-order chi connectivity index (χ0) is 38.2. The molecule has 12 aromatic rings. The van der Waals surface area contributed by atoms with E-state index in [2.05, 4.69) is 173 Å². The maximum atomic E-state index is 5.32. The summed E-state index contributed by atoms with van der Waals surface area (Å²) in [6, 6.07) is 71.0. The minimum absolute atomic E-state index is 0.632. The Morgan fingerprint density at radius 2 is 0.793 bits per heavy atom. The highest BCUT2D eigenvalue weighted by atomic mass is 15.1. The molecule has 3 heterocycles. The summed E-state index contributed by atoms with van der Waals surface area (Å²) < 4.78 is 4.81. The Morgan fingerprint density at radius 1 is 0.293 bits per heavy atom. The van der Waals surface area contributed by atoms with Crippen LogP contribution in [0.5, 0.6) is 0 Å². The Kier molecular flexibility index (Phi) is 7.16. The lowest BCUT2D eigenvalue weighted by molar-refractivity contribution is 1.07. The summed E-state index contributed by atoms with van der Waals surface area (Å²) in [6.45, 7) is 0. The van der Waals surface area contributed by atoms with E-state index < -0.39 is 0 Å². The van der Waals surface area contributed by atoms with Gasteiger partial charge >= 0.3 is 0 Å². The second kappa shape index (κ2) is 12.8. The van der Waals surface area contributed by atoms with Gasteiger partial charge in [0, 0.05) is 44.0 Å². The van der Waals surface area contributed by atoms with Crippen LogP contribution in [0.15, 0.2) is 200 Å². The summed E-state index contributed by atoms with van der Waals surface area (Å²) in [5, 5.41) is 9.37. The molecule has 0 saturated heterocycles. The predicted octanol–water partition coefficient (Wildman–Crippen LogP) is 13.4. The van der Waals surface area contributed by atoms with Crippen LogP contribution in [-0.2, 0) is 0 Å². The van der Waals surface area contributed by atoms with E-state index in [1.165, 1.54) is 32.4 Å². The fraction of sp³-hybridized carbons (Fsp3) is 0. The second-order valence-corrected chi connectivity index (χ2v) is 14.8. The van der Waals surface area contributed by atoms with Crippen LogP contribution in [0.3, 0.4) is 0 Å². The minimum Gasteiger partial charge on any atom is -0.309 e. The lowest BCUT2D eigenvalue weighted by Crippen LogP contribution is -2.03. The Morgan fingerprint density at radius 3 is 1.50 bits per heavy atom. The molecule has 5 nitrogen and oxygen atoms in total. The van der Waals surface area contributed by atoms with Gasteiger partial charge in [0.2, 0.25) is 0 Å². The molecule has 0 spiro atoms. The summed E-state index contributed by atoms with van der Waals surface area (Å²) >= 11 is 0. The van der Waals surface area contributed by atoms with Crippen molar-refractivity contribution < 1.29 is 0 Å². The zero-order valence-corrected chi connectivity index (χ0v) is 31.3. The molecule has 9 aromatic carbocycles. The summed E-state index contributed by atoms with van der Waals surface area (Å²) in [4.78, 5) is 15.7. The Hall–Kier alpha value is -7.89. The molecular formula is C53H33N5. The fourth-order valence-electron chi connectivity index (χ4n) is 8.90. The minimum atomic E-state index is 0.632. The third kappa shape index (κ3) is 5.00. The zero-order valence-electron chi connectivity index (χ0n) is 31.3. The van der Waals surface area contributed by atoms with Gasteiger partial charge in [-0.1, -0.05) is 152 Å². The molecule has 0 amide bonds. The van der Waals surface area contributed by atoms with Crippen LogP contribution < -0.4 is 0 Å². The van der Waals surface area contributed by atoms with Gasteiger partial charge in [0.15, 0.2) is 17.5 Å². The van der Waals surface area contributed by atoms with Crippen molar-refractivity contribution in [3.05, 3.63) is 200 Å². The smallest absolute Gasteiger partial charge is 0.166 e. The first kappa shape index (κ1) is 32.4. The molecule has 0 fully saturated rings. The van der Waals surface area contributed by atoms with Gasteiger partial charge in [-0.3, -0.25) is 0 Å². The lowest BCUT2D eigenvalue weighted by atomic mass is 9.99. The largest absolute Gasteiger partial charge is 0.309 e. The van der Waals surface area contributed by atoms with Crippen molar-refractivity contribution >= 4 is 65.2 Å². The molecule has 0 N–H and O–H groups in total. The summed E-state index contributed by atoms with van der Waals surface area (Å²) in [6.07, 6.45) is 0. The molecule has 3 aromatic heterocycles. The van der Waals surface area contributed by atoms with Gasteiger partial charge in [-0.25, -0.2) is 15.0 Å². The molecule has 0 atom stereocenters. The Bertz CT molecular complexity index is 3510. The highest BCUT2D eigenvalue weighted by Crippen LogP contribution is 2.43. The second-order valence-electron chi connectivity index (χ2n) is 14.8. The van der Waals surface area contributed by atoms with Gasteiger partial charge in [0.25, 0.3) is 0 Å². The molecular weight excluding hydrogens is 707 g/mol. The first-order chi connectivity index (χ1) is 28.8. The molecule has 0 aliphatic rings. The molecule has 5 heteroatoms. The van der Waals surface area contributed by atoms with Crippen LogP contribution in [0.25, 0.3) is 111 Å². The quantitative estimate of drug-likeness (QED) is 0.177. The van der Waals surface area contributed by atoms with Crippen molar-refractivity contribution in [1.82, 2.24) is 24.1 Å². The average molecular weight is 740 g/mol.